The minimum absolute atomic E-state index is 0.0319. The number of hydrogen-bond donors (Lipinski definition) is 1. The van der Waals surface area contributed by atoms with Crippen LogP contribution in [0.2, 0.25) is 0 Å². The van der Waals surface area contributed by atoms with Crippen molar-refractivity contribution < 1.29 is 24.7 Å². The van der Waals surface area contributed by atoms with Crippen molar-refractivity contribution in [2.75, 3.05) is 0 Å². The third kappa shape index (κ3) is 6.29. The van der Waals surface area contributed by atoms with Crippen molar-refractivity contribution >= 4 is 28.9 Å². The summed E-state index contributed by atoms with van der Waals surface area (Å²) < 4.78 is 0. The van der Waals surface area contributed by atoms with Crippen LogP contribution < -0.4 is 0 Å². The Balaban J connectivity index is 0.000000227. The Morgan fingerprint density at radius 3 is 1.66 bits per heavy atom. The van der Waals surface area contributed by atoms with Crippen LogP contribution in [0, 0.1) is 30.3 Å². The van der Waals surface area contributed by atoms with Crippen LogP contribution in [0.3, 0.4) is 0 Å². The number of rotatable bonds is 6. The van der Waals surface area contributed by atoms with Crippen LogP contribution in [-0.4, -0.2) is 25.7 Å². The van der Waals surface area contributed by atoms with Gasteiger partial charge in [0.2, 0.25) is 0 Å². The number of nitro benzene ring substituents is 3. The number of hydrogen-bond acceptors (Lipinski definition) is 8. The fraction of sp³-hybridized carbons (Fsp3) is 0. The Labute approximate surface area is 180 Å². The minimum atomic E-state index is -1.21. The van der Waals surface area contributed by atoms with E-state index < -0.39 is 37.6 Å². The molecule has 0 saturated heterocycles. The van der Waals surface area contributed by atoms with Crippen LogP contribution in [-0.2, 0) is 0 Å². The summed E-state index contributed by atoms with van der Waals surface area (Å²) in [5.41, 5.74) is -1.25. The number of allylic oxidation sites excluding steroid dienone is 1. The van der Waals surface area contributed by atoms with E-state index >= 15 is 0 Å². The molecule has 3 aromatic rings. The summed E-state index contributed by atoms with van der Waals surface area (Å²) in [6.07, 6.45) is 3.43. The molecule has 3 aromatic carbocycles. The number of phenolic OH excluding ortho intramolecular Hbond substituents is 1. The third-order valence-electron chi connectivity index (χ3n) is 3.94. The first-order valence-electron chi connectivity index (χ1n) is 8.83. The van der Waals surface area contributed by atoms with Crippen molar-refractivity contribution in [3.63, 3.8) is 0 Å². The van der Waals surface area contributed by atoms with Crippen molar-refractivity contribution in [1.82, 2.24) is 0 Å². The van der Waals surface area contributed by atoms with Crippen LogP contribution >= 0.6 is 0 Å². The van der Waals surface area contributed by atoms with Gasteiger partial charge >= 0.3 is 11.4 Å². The lowest BCUT2D eigenvalue weighted by atomic mass is 10.1. The molecule has 0 heterocycles. The Kier molecular flexibility index (Phi) is 7.83. The third-order valence-corrected chi connectivity index (χ3v) is 3.94. The Morgan fingerprint density at radius 2 is 1.22 bits per heavy atom. The van der Waals surface area contributed by atoms with Gasteiger partial charge in [0.15, 0.2) is 5.78 Å². The molecule has 0 amide bonds. The summed E-state index contributed by atoms with van der Waals surface area (Å²) in [5.74, 6) is -1.18. The number of non-ortho nitro benzene ring substituents is 1. The molecule has 3 rings (SSSR count). The number of nitro groups is 3. The van der Waals surface area contributed by atoms with Crippen molar-refractivity contribution in [3.8, 4) is 5.75 Å². The van der Waals surface area contributed by atoms with Crippen LogP contribution in [0.4, 0.5) is 17.1 Å². The van der Waals surface area contributed by atoms with E-state index in [0.717, 1.165) is 11.1 Å². The fourth-order valence-corrected chi connectivity index (χ4v) is 2.41. The van der Waals surface area contributed by atoms with Crippen LogP contribution in [0.25, 0.3) is 6.08 Å². The van der Waals surface area contributed by atoms with E-state index in [9.17, 15) is 35.1 Å². The molecule has 0 fully saturated rings. The van der Waals surface area contributed by atoms with Gasteiger partial charge in [0.1, 0.15) is 0 Å². The van der Waals surface area contributed by atoms with Gasteiger partial charge in [0.25, 0.3) is 11.4 Å². The second kappa shape index (κ2) is 10.7. The number of nitrogens with zero attached hydrogens (tertiary/aromatic N) is 3. The molecule has 0 bridgehead atoms. The predicted octanol–water partition coefficient (Wildman–Crippen LogP) is 4.70. The lowest BCUT2D eigenvalue weighted by Gasteiger charge is -1.97. The first kappa shape index (κ1) is 23.3. The van der Waals surface area contributed by atoms with Gasteiger partial charge in [0.05, 0.1) is 26.9 Å². The lowest BCUT2D eigenvalue weighted by molar-refractivity contribution is -0.404. The molecule has 0 spiro atoms. The van der Waals surface area contributed by atoms with Gasteiger partial charge in [-0.3, -0.25) is 35.1 Å². The maximum atomic E-state index is 11.7. The highest BCUT2D eigenvalue weighted by atomic mass is 16.6. The van der Waals surface area contributed by atoms with Crippen molar-refractivity contribution in [3.05, 3.63) is 120 Å². The lowest BCUT2D eigenvalue weighted by Crippen LogP contribution is -1.97. The zero-order chi connectivity index (χ0) is 23.7. The number of ketones is 1. The van der Waals surface area contributed by atoms with Crippen LogP contribution in [0.1, 0.15) is 15.9 Å². The van der Waals surface area contributed by atoms with Gasteiger partial charge in [-0.1, -0.05) is 66.7 Å². The molecule has 1 N–H and O–H groups in total. The van der Waals surface area contributed by atoms with Crippen molar-refractivity contribution in [2.45, 2.75) is 0 Å². The molecule has 0 saturated carbocycles. The number of phenols is 1. The standard InChI is InChI=1S/C15H12O.C6H3N3O7/c16-15(14-9-5-2-6-10-14)12-11-13-7-3-1-4-8-13;10-6-4(8(13)14)1-3(7(11)12)2-5(6)9(15)16/h1-12H;1-2,10H. The van der Waals surface area contributed by atoms with Gasteiger partial charge in [-0.2, -0.15) is 0 Å². The number of carbonyl (C=O) groups is 1. The molecule has 0 aliphatic heterocycles. The molecular formula is C21H15N3O8. The van der Waals surface area contributed by atoms with E-state index in [2.05, 4.69) is 0 Å². The van der Waals surface area contributed by atoms with Gasteiger partial charge < -0.3 is 5.11 Å². The summed E-state index contributed by atoms with van der Waals surface area (Å²) >= 11 is 0. The maximum absolute atomic E-state index is 11.7. The molecule has 0 unspecified atom stereocenters. The average molecular weight is 437 g/mol. The van der Waals surface area contributed by atoms with Crippen molar-refractivity contribution in [1.29, 1.82) is 0 Å². The first-order valence-corrected chi connectivity index (χ1v) is 8.83. The smallest absolute Gasteiger partial charge is 0.324 e. The molecule has 0 aliphatic carbocycles. The summed E-state index contributed by atoms with van der Waals surface area (Å²) in [6, 6.07) is 19.9. The van der Waals surface area contributed by atoms with E-state index in [1.807, 2.05) is 66.7 Å². The SMILES string of the molecule is O=C(C=Cc1ccccc1)c1ccccc1.O=[N+]([O-])c1cc([N+](=O)[O-])c(O)c([N+](=O)[O-])c1. The topological polar surface area (TPSA) is 167 Å². The Hall–Kier alpha value is -4.93. The largest absolute Gasteiger partial charge is 0.497 e. The van der Waals surface area contributed by atoms with E-state index in [1.54, 1.807) is 6.08 Å². The molecule has 11 nitrogen and oxygen atoms in total. The average Bonchev–Trinajstić information content (AvgIpc) is 2.78. The second-order valence-corrected chi connectivity index (χ2v) is 6.08. The second-order valence-electron chi connectivity index (χ2n) is 6.08. The number of benzene rings is 3. The molecular weight excluding hydrogens is 422 g/mol. The van der Waals surface area contributed by atoms with E-state index in [1.165, 1.54) is 0 Å². The Morgan fingerprint density at radius 1 is 0.750 bits per heavy atom. The highest BCUT2D eigenvalue weighted by Gasteiger charge is 2.30. The molecule has 11 heteroatoms. The first-order chi connectivity index (χ1) is 15.2. The monoisotopic (exact) mass is 437 g/mol. The molecule has 0 aromatic heterocycles. The summed E-state index contributed by atoms with van der Waals surface area (Å²) in [4.78, 5) is 39.5. The van der Waals surface area contributed by atoms with Crippen LogP contribution in [0.5, 0.6) is 5.75 Å². The maximum Gasteiger partial charge on any atom is 0.324 e. The minimum Gasteiger partial charge on any atom is -0.497 e. The highest BCUT2D eigenvalue weighted by molar-refractivity contribution is 6.06. The highest BCUT2D eigenvalue weighted by Crippen LogP contribution is 2.38. The van der Waals surface area contributed by atoms with Crippen molar-refractivity contribution in [2.24, 2.45) is 0 Å². The van der Waals surface area contributed by atoms with Gasteiger partial charge in [-0.15, -0.1) is 0 Å². The summed E-state index contributed by atoms with van der Waals surface area (Å²) in [6.45, 7) is 0. The molecule has 0 radical (unpaired) electrons. The fourth-order valence-electron chi connectivity index (χ4n) is 2.41. The molecule has 32 heavy (non-hydrogen) atoms. The predicted molar refractivity (Wildman–Crippen MR) is 114 cm³/mol. The summed E-state index contributed by atoms with van der Waals surface area (Å²) in [5, 5.41) is 40.2. The van der Waals surface area contributed by atoms with Gasteiger partial charge in [-0.25, -0.2) is 0 Å². The number of carbonyl (C=O) groups excluding carboxylic acids is 1. The Bertz CT molecular complexity index is 1140. The molecule has 162 valence electrons. The van der Waals surface area contributed by atoms with E-state index in [4.69, 9.17) is 5.11 Å². The van der Waals surface area contributed by atoms with Gasteiger partial charge in [-0.05, 0) is 11.6 Å². The zero-order valence-electron chi connectivity index (χ0n) is 16.2. The summed E-state index contributed by atoms with van der Waals surface area (Å²) in [7, 11) is 0. The quantitative estimate of drug-likeness (QED) is 0.250. The number of aromatic hydroxyl groups is 1. The van der Waals surface area contributed by atoms with Crippen LogP contribution in [0.15, 0.2) is 78.9 Å². The van der Waals surface area contributed by atoms with Gasteiger partial charge in [0, 0.05) is 5.56 Å². The molecule has 0 aliphatic rings. The van der Waals surface area contributed by atoms with E-state index in [-0.39, 0.29) is 5.78 Å². The van der Waals surface area contributed by atoms with E-state index in [0.29, 0.717) is 12.1 Å². The zero-order valence-corrected chi connectivity index (χ0v) is 16.2. The normalized spacial score (nSPS) is 10.1. The molecule has 0 atom stereocenters.